The molecule has 2 atom stereocenters. The van der Waals surface area contributed by atoms with Gasteiger partial charge in [-0.2, -0.15) is 0 Å². The van der Waals surface area contributed by atoms with Gasteiger partial charge in [0.25, 0.3) is 0 Å². The average molecular weight is 253 g/mol. The van der Waals surface area contributed by atoms with E-state index in [-0.39, 0.29) is 0 Å². The normalized spacial score (nSPS) is 25.1. The molecule has 0 radical (unpaired) electrons. The number of rotatable bonds is 4. The minimum atomic E-state index is 0.359. The number of hydrazine groups is 1. The van der Waals surface area contributed by atoms with Gasteiger partial charge < -0.3 is 0 Å². The summed E-state index contributed by atoms with van der Waals surface area (Å²) in [6, 6.07) is 0.359. The van der Waals surface area contributed by atoms with E-state index >= 15 is 0 Å². The smallest absolute Gasteiger partial charge is 0.0944 e. The molecule has 1 aromatic rings. The Morgan fingerprint density at radius 3 is 2.88 bits per heavy atom. The maximum Gasteiger partial charge on any atom is 0.0944 e. The zero-order valence-corrected chi connectivity index (χ0v) is 11.8. The Hall–Kier alpha value is -0.450. The maximum atomic E-state index is 5.76. The van der Waals surface area contributed by atoms with Crippen LogP contribution in [0, 0.1) is 18.3 Å². The van der Waals surface area contributed by atoms with Crippen molar-refractivity contribution in [2.75, 3.05) is 0 Å². The molecule has 17 heavy (non-hydrogen) atoms. The van der Waals surface area contributed by atoms with E-state index in [1.165, 1.54) is 24.3 Å². The Labute approximate surface area is 108 Å². The lowest BCUT2D eigenvalue weighted by atomic mass is 9.77. The molecule has 0 spiro atoms. The summed E-state index contributed by atoms with van der Waals surface area (Å²) in [7, 11) is 0. The van der Waals surface area contributed by atoms with Crippen molar-refractivity contribution in [2.24, 2.45) is 17.2 Å². The van der Waals surface area contributed by atoms with Crippen molar-refractivity contribution in [3.63, 3.8) is 0 Å². The molecular formula is C13H23N3S. The number of nitrogens with two attached hydrogens (primary N) is 1. The van der Waals surface area contributed by atoms with Crippen LogP contribution in [0.4, 0.5) is 0 Å². The van der Waals surface area contributed by atoms with E-state index in [9.17, 15) is 0 Å². The molecule has 1 aliphatic carbocycles. The first-order chi connectivity index (χ1) is 8.03. The first-order valence-electron chi connectivity index (χ1n) is 6.40. The Kier molecular flexibility index (Phi) is 3.85. The summed E-state index contributed by atoms with van der Waals surface area (Å²) >= 11 is 1.75. The molecule has 0 aliphatic heterocycles. The molecule has 0 saturated heterocycles. The van der Waals surface area contributed by atoms with Crippen molar-refractivity contribution < 1.29 is 0 Å². The zero-order chi connectivity index (χ0) is 12.5. The largest absolute Gasteiger partial charge is 0.271 e. The van der Waals surface area contributed by atoms with Crippen LogP contribution in [0.15, 0.2) is 5.38 Å². The number of nitrogens with one attached hydrogen (secondary N) is 1. The van der Waals surface area contributed by atoms with Crippen LogP contribution in [0.5, 0.6) is 0 Å². The van der Waals surface area contributed by atoms with E-state index in [0.717, 1.165) is 12.1 Å². The van der Waals surface area contributed by atoms with E-state index in [1.807, 2.05) is 6.92 Å². The monoisotopic (exact) mass is 253 g/mol. The number of aromatic nitrogens is 1. The molecule has 1 heterocycles. The Morgan fingerprint density at radius 2 is 2.41 bits per heavy atom. The van der Waals surface area contributed by atoms with Gasteiger partial charge in [0.1, 0.15) is 0 Å². The number of nitrogens with zero attached hydrogens (tertiary/aromatic N) is 1. The SMILES string of the molecule is Cc1csc(CC(NN)C2CCCC2(C)C)n1. The standard InChI is InChI=1S/C13H23N3S/c1-9-8-17-12(15-9)7-11(16-14)10-5-4-6-13(10,2)3/h8,10-11,16H,4-7,14H2,1-3H3. The van der Waals surface area contributed by atoms with Crippen LogP contribution in [-0.4, -0.2) is 11.0 Å². The Bertz CT molecular complexity index is 372. The molecule has 1 aliphatic rings. The molecule has 4 heteroatoms. The molecule has 1 fully saturated rings. The number of hydrogen-bond donors (Lipinski definition) is 2. The zero-order valence-electron chi connectivity index (χ0n) is 11.0. The van der Waals surface area contributed by atoms with Crippen LogP contribution in [0.2, 0.25) is 0 Å². The molecule has 1 saturated carbocycles. The third-order valence-electron chi connectivity index (χ3n) is 4.10. The summed E-state index contributed by atoms with van der Waals surface area (Å²) in [4.78, 5) is 4.54. The minimum absolute atomic E-state index is 0.359. The predicted molar refractivity (Wildman–Crippen MR) is 72.8 cm³/mol. The molecule has 96 valence electrons. The van der Waals surface area contributed by atoms with Gasteiger partial charge in [-0.05, 0) is 31.1 Å². The summed E-state index contributed by atoms with van der Waals surface area (Å²) in [5.41, 5.74) is 4.55. The van der Waals surface area contributed by atoms with E-state index in [4.69, 9.17) is 5.84 Å². The van der Waals surface area contributed by atoms with Crippen molar-refractivity contribution >= 4 is 11.3 Å². The molecule has 3 nitrogen and oxygen atoms in total. The fourth-order valence-electron chi connectivity index (χ4n) is 3.10. The molecule has 2 unspecified atom stereocenters. The van der Waals surface area contributed by atoms with Crippen LogP contribution < -0.4 is 11.3 Å². The lowest BCUT2D eigenvalue weighted by molar-refractivity contribution is 0.196. The highest BCUT2D eigenvalue weighted by molar-refractivity contribution is 7.09. The van der Waals surface area contributed by atoms with Gasteiger partial charge in [0.2, 0.25) is 0 Å². The van der Waals surface area contributed by atoms with Crippen LogP contribution in [-0.2, 0) is 6.42 Å². The second kappa shape index (κ2) is 5.04. The predicted octanol–water partition coefficient (Wildman–Crippen LogP) is 2.65. The van der Waals surface area contributed by atoms with Gasteiger partial charge in [-0.1, -0.05) is 20.3 Å². The number of hydrogen-bond acceptors (Lipinski definition) is 4. The Morgan fingerprint density at radius 1 is 1.65 bits per heavy atom. The molecule has 0 aromatic carbocycles. The summed E-state index contributed by atoms with van der Waals surface area (Å²) < 4.78 is 0. The lowest BCUT2D eigenvalue weighted by Crippen LogP contribution is -2.45. The number of thiazole rings is 1. The van der Waals surface area contributed by atoms with Crippen molar-refractivity contribution in [3.05, 3.63) is 16.1 Å². The van der Waals surface area contributed by atoms with Gasteiger partial charge >= 0.3 is 0 Å². The van der Waals surface area contributed by atoms with E-state index in [1.54, 1.807) is 11.3 Å². The van der Waals surface area contributed by atoms with Gasteiger partial charge in [0.05, 0.1) is 5.01 Å². The summed E-state index contributed by atoms with van der Waals surface area (Å²) in [6.45, 7) is 6.77. The Balaban J connectivity index is 2.06. The summed E-state index contributed by atoms with van der Waals surface area (Å²) in [5.74, 6) is 6.42. The molecule has 0 bridgehead atoms. The average Bonchev–Trinajstić information content (AvgIpc) is 2.81. The fourth-order valence-corrected chi connectivity index (χ4v) is 3.93. The highest BCUT2D eigenvalue weighted by Crippen LogP contribution is 2.44. The fraction of sp³-hybridized carbons (Fsp3) is 0.769. The molecule has 0 amide bonds. The first kappa shape index (κ1) is 13.0. The van der Waals surface area contributed by atoms with Crippen molar-refractivity contribution in [2.45, 2.75) is 52.5 Å². The highest BCUT2D eigenvalue weighted by Gasteiger charge is 2.39. The van der Waals surface area contributed by atoms with Crippen molar-refractivity contribution in [3.8, 4) is 0 Å². The van der Waals surface area contributed by atoms with E-state index in [0.29, 0.717) is 17.4 Å². The van der Waals surface area contributed by atoms with Gasteiger partial charge in [-0.3, -0.25) is 11.3 Å². The third-order valence-corrected chi connectivity index (χ3v) is 5.09. The summed E-state index contributed by atoms with van der Waals surface area (Å²) in [6.07, 6.45) is 4.88. The van der Waals surface area contributed by atoms with Gasteiger partial charge in [-0.15, -0.1) is 11.3 Å². The second-order valence-electron chi connectivity index (χ2n) is 5.85. The minimum Gasteiger partial charge on any atom is -0.271 e. The third kappa shape index (κ3) is 2.87. The number of aryl methyl sites for hydroxylation is 1. The topological polar surface area (TPSA) is 50.9 Å². The molecular weight excluding hydrogens is 230 g/mol. The molecule has 3 N–H and O–H groups in total. The quantitative estimate of drug-likeness (QED) is 0.640. The van der Waals surface area contributed by atoms with E-state index in [2.05, 4.69) is 29.6 Å². The molecule has 2 rings (SSSR count). The molecule has 1 aromatic heterocycles. The summed E-state index contributed by atoms with van der Waals surface area (Å²) in [5, 5.41) is 3.32. The lowest BCUT2D eigenvalue weighted by Gasteiger charge is -2.33. The van der Waals surface area contributed by atoms with Gasteiger partial charge in [0.15, 0.2) is 0 Å². The van der Waals surface area contributed by atoms with Crippen molar-refractivity contribution in [1.29, 1.82) is 0 Å². The first-order valence-corrected chi connectivity index (χ1v) is 7.28. The van der Waals surface area contributed by atoms with Crippen LogP contribution >= 0.6 is 11.3 Å². The highest BCUT2D eigenvalue weighted by atomic mass is 32.1. The second-order valence-corrected chi connectivity index (χ2v) is 6.79. The van der Waals surface area contributed by atoms with Crippen LogP contribution in [0.3, 0.4) is 0 Å². The van der Waals surface area contributed by atoms with Gasteiger partial charge in [-0.25, -0.2) is 4.98 Å². The van der Waals surface area contributed by atoms with Crippen LogP contribution in [0.1, 0.15) is 43.8 Å². The van der Waals surface area contributed by atoms with E-state index < -0.39 is 0 Å². The van der Waals surface area contributed by atoms with Gasteiger partial charge in [0, 0.05) is 23.5 Å². The van der Waals surface area contributed by atoms with Crippen LogP contribution in [0.25, 0.3) is 0 Å². The van der Waals surface area contributed by atoms with Crippen molar-refractivity contribution in [1.82, 2.24) is 10.4 Å². The maximum absolute atomic E-state index is 5.76.